The number of thiazole rings is 1. The van der Waals surface area contributed by atoms with Crippen LogP contribution in [0.25, 0.3) is 10.8 Å². The zero-order chi connectivity index (χ0) is 13.1. The molecule has 2 rings (SSSR count). The maximum atomic E-state index is 5.46. The Labute approximate surface area is 120 Å². The zero-order valence-corrected chi connectivity index (χ0v) is 13.2. The molecule has 0 aromatic carbocycles. The van der Waals surface area contributed by atoms with Crippen molar-refractivity contribution in [3.05, 3.63) is 27.4 Å². The van der Waals surface area contributed by atoms with Crippen molar-refractivity contribution in [1.29, 1.82) is 0 Å². The summed E-state index contributed by atoms with van der Waals surface area (Å²) in [6.07, 6.45) is 2.81. The van der Waals surface area contributed by atoms with Crippen LogP contribution in [0.15, 0.2) is 21.2 Å². The molecule has 5 heteroatoms. The van der Waals surface area contributed by atoms with Crippen LogP contribution in [0.4, 0.5) is 0 Å². The molecule has 0 saturated heterocycles. The Morgan fingerprint density at radius 1 is 1.56 bits per heavy atom. The molecule has 2 heterocycles. The number of furan rings is 1. The van der Waals surface area contributed by atoms with Gasteiger partial charge in [0.2, 0.25) is 0 Å². The van der Waals surface area contributed by atoms with Crippen LogP contribution in [-0.2, 0) is 0 Å². The average molecular weight is 329 g/mol. The van der Waals surface area contributed by atoms with E-state index in [0.29, 0.717) is 6.04 Å². The second-order valence-corrected chi connectivity index (χ2v) is 6.13. The third kappa shape index (κ3) is 2.84. The number of aromatic nitrogens is 1. The van der Waals surface area contributed by atoms with Gasteiger partial charge in [-0.3, -0.25) is 0 Å². The lowest BCUT2D eigenvalue weighted by Crippen LogP contribution is -2.18. The molecule has 0 spiro atoms. The van der Waals surface area contributed by atoms with Crippen molar-refractivity contribution in [3.63, 3.8) is 0 Å². The third-order valence-electron chi connectivity index (χ3n) is 2.74. The summed E-state index contributed by atoms with van der Waals surface area (Å²) in [5, 5.41) is 4.43. The molecule has 0 aliphatic rings. The monoisotopic (exact) mass is 328 g/mol. The molecule has 0 saturated carbocycles. The van der Waals surface area contributed by atoms with Gasteiger partial charge in [-0.1, -0.05) is 6.92 Å². The molecule has 2 aromatic heterocycles. The Bertz CT molecular complexity index is 521. The average Bonchev–Trinajstić information content (AvgIpc) is 2.92. The van der Waals surface area contributed by atoms with E-state index in [0.717, 1.165) is 33.9 Å². The molecule has 0 amide bonds. The van der Waals surface area contributed by atoms with Gasteiger partial charge in [-0.15, -0.1) is 11.3 Å². The molecule has 1 unspecified atom stereocenters. The van der Waals surface area contributed by atoms with Gasteiger partial charge < -0.3 is 9.73 Å². The van der Waals surface area contributed by atoms with Crippen molar-refractivity contribution in [2.24, 2.45) is 0 Å². The first-order valence-electron chi connectivity index (χ1n) is 6.07. The highest BCUT2D eigenvalue weighted by atomic mass is 79.9. The lowest BCUT2D eigenvalue weighted by Gasteiger charge is -2.11. The van der Waals surface area contributed by atoms with Crippen LogP contribution in [-0.4, -0.2) is 11.5 Å². The van der Waals surface area contributed by atoms with Gasteiger partial charge >= 0.3 is 0 Å². The van der Waals surface area contributed by atoms with E-state index in [9.17, 15) is 0 Å². The quantitative estimate of drug-likeness (QED) is 0.875. The summed E-state index contributed by atoms with van der Waals surface area (Å²) in [6, 6.07) is 2.23. The van der Waals surface area contributed by atoms with Gasteiger partial charge in [-0.05, 0) is 48.8 Å². The van der Waals surface area contributed by atoms with Crippen LogP contribution in [0.5, 0.6) is 0 Å². The highest BCUT2D eigenvalue weighted by molar-refractivity contribution is 9.10. The Hall–Kier alpha value is -0.650. The van der Waals surface area contributed by atoms with E-state index in [2.05, 4.69) is 47.0 Å². The lowest BCUT2D eigenvalue weighted by molar-refractivity contribution is 0.575. The van der Waals surface area contributed by atoms with Crippen LogP contribution in [0, 0.1) is 6.92 Å². The lowest BCUT2D eigenvalue weighted by atomic mass is 10.2. The number of nitrogens with one attached hydrogen (secondary N) is 1. The summed E-state index contributed by atoms with van der Waals surface area (Å²) in [4.78, 5) is 5.88. The second kappa shape index (κ2) is 5.99. The van der Waals surface area contributed by atoms with Crippen LogP contribution < -0.4 is 5.32 Å². The predicted octanol–water partition coefficient (Wildman–Crippen LogP) is 4.53. The van der Waals surface area contributed by atoms with E-state index in [-0.39, 0.29) is 0 Å². The largest absolute Gasteiger partial charge is 0.461 e. The summed E-state index contributed by atoms with van der Waals surface area (Å²) < 4.78 is 6.42. The number of hydrogen-bond donors (Lipinski definition) is 1. The van der Waals surface area contributed by atoms with Gasteiger partial charge in [0.1, 0.15) is 0 Å². The fraction of sp³-hybridized carbons (Fsp3) is 0.462. The summed E-state index contributed by atoms with van der Waals surface area (Å²) in [7, 11) is 0. The zero-order valence-electron chi connectivity index (χ0n) is 10.8. The molecule has 0 fully saturated rings. The molecule has 1 atom stereocenters. The minimum Gasteiger partial charge on any atom is -0.461 e. The Morgan fingerprint density at radius 3 is 2.94 bits per heavy atom. The van der Waals surface area contributed by atoms with Crippen molar-refractivity contribution in [1.82, 2.24) is 10.3 Å². The van der Waals surface area contributed by atoms with Gasteiger partial charge in [0.25, 0.3) is 0 Å². The molecule has 3 nitrogen and oxygen atoms in total. The molecule has 98 valence electrons. The first-order chi connectivity index (χ1) is 8.63. The van der Waals surface area contributed by atoms with Crippen molar-refractivity contribution in [2.75, 3.05) is 6.54 Å². The van der Waals surface area contributed by atoms with Crippen LogP contribution in [0.1, 0.15) is 36.9 Å². The smallest absolute Gasteiger partial charge is 0.176 e. The summed E-state index contributed by atoms with van der Waals surface area (Å²) in [6.45, 7) is 7.43. The number of rotatable bonds is 5. The number of halogens is 1. The standard InChI is InChI=1S/C13H17BrN2OS/c1-4-6-15-8(2)12-9(3)16-13(18-12)11-10(14)5-7-17-11/h5,7-8,15H,4,6H2,1-3H3. The molecule has 0 aliphatic carbocycles. The van der Waals surface area contributed by atoms with Gasteiger partial charge in [-0.25, -0.2) is 4.98 Å². The maximum Gasteiger partial charge on any atom is 0.176 e. The maximum absolute atomic E-state index is 5.46. The number of nitrogens with zero attached hydrogens (tertiary/aromatic N) is 1. The van der Waals surface area contributed by atoms with Gasteiger partial charge in [0.05, 0.1) is 16.4 Å². The van der Waals surface area contributed by atoms with Crippen LogP contribution in [0.2, 0.25) is 0 Å². The first-order valence-corrected chi connectivity index (χ1v) is 7.68. The van der Waals surface area contributed by atoms with E-state index >= 15 is 0 Å². The predicted molar refractivity (Wildman–Crippen MR) is 79.0 cm³/mol. The van der Waals surface area contributed by atoms with Crippen molar-refractivity contribution in [2.45, 2.75) is 33.2 Å². The molecule has 0 bridgehead atoms. The van der Waals surface area contributed by atoms with E-state index < -0.39 is 0 Å². The van der Waals surface area contributed by atoms with Crippen molar-refractivity contribution in [3.8, 4) is 10.8 Å². The number of aryl methyl sites for hydroxylation is 1. The Morgan fingerprint density at radius 2 is 2.33 bits per heavy atom. The highest BCUT2D eigenvalue weighted by Gasteiger charge is 2.17. The van der Waals surface area contributed by atoms with E-state index in [1.165, 1.54) is 4.88 Å². The minimum absolute atomic E-state index is 0.338. The first kappa shape index (κ1) is 13.8. The molecular formula is C13H17BrN2OS. The van der Waals surface area contributed by atoms with Crippen LogP contribution in [0.3, 0.4) is 0 Å². The third-order valence-corrected chi connectivity index (χ3v) is 4.70. The topological polar surface area (TPSA) is 38.1 Å². The molecule has 0 radical (unpaired) electrons. The van der Waals surface area contributed by atoms with Gasteiger partial charge in [-0.2, -0.15) is 0 Å². The number of hydrogen-bond acceptors (Lipinski definition) is 4. The summed E-state index contributed by atoms with van der Waals surface area (Å²) in [5.41, 5.74) is 1.08. The normalized spacial score (nSPS) is 12.9. The fourth-order valence-corrected chi connectivity index (χ4v) is 3.42. The summed E-state index contributed by atoms with van der Waals surface area (Å²) in [5.74, 6) is 0.817. The highest BCUT2D eigenvalue weighted by Crippen LogP contribution is 2.35. The SMILES string of the molecule is CCCNC(C)c1sc(-c2occc2Br)nc1C. The van der Waals surface area contributed by atoms with Gasteiger partial charge in [0, 0.05) is 10.9 Å². The van der Waals surface area contributed by atoms with E-state index in [1.807, 2.05) is 6.07 Å². The van der Waals surface area contributed by atoms with Gasteiger partial charge in [0.15, 0.2) is 10.8 Å². The molecular weight excluding hydrogens is 312 g/mol. The fourth-order valence-electron chi connectivity index (χ4n) is 1.81. The van der Waals surface area contributed by atoms with Crippen molar-refractivity contribution < 1.29 is 4.42 Å². The van der Waals surface area contributed by atoms with E-state index in [1.54, 1.807) is 17.6 Å². The Kier molecular flexibility index (Phi) is 4.59. The molecule has 2 aromatic rings. The van der Waals surface area contributed by atoms with Crippen molar-refractivity contribution >= 4 is 27.3 Å². The minimum atomic E-state index is 0.338. The molecule has 1 N–H and O–H groups in total. The Balaban J connectivity index is 2.24. The summed E-state index contributed by atoms with van der Waals surface area (Å²) >= 11 is 5.17. The van der Waals surface area contributed by atoms with E-state index in [4.69, 9.17) is 4.42 Å². The van der Waals surface area contributed by atoms with Crippen LogP contribution >= 0.6 is 27.3 Å². The molecule has 18 heavy (non-hydrogen) atoms. The molecule has 0 aliphatic heterocycles. The second-order valence-electron chi connectivity index (χ2n) is 4.24.